The van der Waals surface area contributed by atoms with Gasteiger partial charge in [0, 0.05) is 12.0 Å². The SMILES string of the molecule is CC(C)[C@H]1CC[C@@H](C)C[C@H]1O[P@@](C)(=O)c1ccccc1. The molecule has 0 aromatic heterocycles. The summed E-state index contributed by atoms with van der Waals surface area (Å²) in [6, 6.07) is 9.63. The van der Waals surface area contributed by atoms with E-state index in [2.05, 4.69) is 20.8 Å². The van der Waals surface area contributed by atoms with Crippen LogP contribution < -0.4 is 5.30 Å². The molecular formula is C17H27O2P. The first-order chi connectivity index (χ1) is 9.40. The van der Waals surface area contributed by atoms with Gasteiger partial charge >= 0.3 is 0 Å². The van der Waals surface area contributed by atoms with Crippen molar-refractivity contribution < 1.29 is 9.09 Å². The van der Waals surface area contributed by atoms with E-state index in [4.69, 9.17) is 4.52 Å². The third kappa shape index (κ3) is 3.74. The highest BCUT2D eigenvalue weighted by Crippen LogP contribution is 2.48. The van der Waals surface area contributed by atoms with Crippen LogP contribution in [0.15, 0.2) is 30.3 Å². The van der Waals surface area contributed by atoms with Crippen molar-refractivity contribution in [2.24, 2.45) is 17.8 Å². The van der Waals surface area contributed by atoms with Crippen LogP contribution in [0.5, 0.6) is 0 Å². The minimum Gasteiger partial charge on any atom is -0.322 e. The molecule has 0 unspecified atom stereocenters. The number of benzene rings is 1. The molecule has 3 heteroatoms. The summed E-state index contributed by atoms with van der Waals surface area (Å²) in [5.41, 5.74) is 0. The Morgan fingerprint density at radius 3 is 2.45 bits per heavy atom. The van der Waals surface area contributed by atoms with Crippen LogP contribution in [0.2, 0.25) is 0 Å². The maximum Gasteiger partial charge on any atom is 0.229 e. The van der Waals surface area contributed by atoms with Gasteiger partial charge in [0.05, 0.1) is 6.10 Å². The van der Waals surface area contributed by atoms with Crippen LogP contribution in [-0.2, 0) is 9.09 Å². The van der Waals surface area contributed by atoms with Crippen LogP contribution in [0.3, 0.4) is 0 Å². The molecule has 1 aliphatic carbocycles. The predicted molar refractivity (Wildman–Crippen MR) is 85.8 cm³/mol. The summed E-state index contributed by atoms with van der Waals surface area (Å²) in [7, 11) is -2.72. The number of hydrogen-bond acceptors (Lipinski definition) is 2. The fraction of sp³-hybridized carbons (Fsp3) is 0.647. The van der Waals surface area contributed by atoms with E-state index < -0.39 is 7.37 Å². The van der Waals surface area contributed by atoms with Crippen molar-refractivity contribution in [3.63, 3.8) is 0 Å². The summed E-state index contributed by atoms with van der Waals surface area (Å²) in [6.45, 7) is 8.54. The van der Waals surface area contributed by atoms with Gasteiger partial charge in [0.2, 0.25) is 7.37 Å². The molecule has 1 aromatic rings. The van der Waals surface area contributed by atoms with Gasteiger partial charge in [-0.25, -0.2) is 0 Å². The van der Waals surface area contributed by atoms with E-state index in [-0.39, 0.29) is 6.10 Å². The maximum absolute atomic E-state index is 12.9. The Morgan fingerprint density at radius 2 is 1.85 bits per heavy atom. The molecule has 0 N–H and O–H groups in total. The Labute approximate surface area is 123 Å². The highest BCUT2D eigenvalue weighted by molar-refractivity contribution is 7.66. The second-order valence-corrected chi connectivity index (χ2v) is 9.07. The van der Waals surface area contributed by atoms with Crippen molar-refractivity contribution in [1.82, 2.24) is 0 Å². The number of rotatable bonds is 4. The Morgan fingerprint density at radius 1 is 1.20 bits per heavy atom. The van der Waals surface area contributed by atoms with Crippen LogP contribution in [-0.4, -0.2) is 12.8 Å². The average molecular weight is 294 g/mol. The molecule has 0 spiro atoms. The molecule has 1 aliphatic rings. The fourth-order valence-corrected chi connectivity index (χ4v) is 4.85. The molecule has 0 radical (unpaired) electrons. The zero-order valence-electron chi connectivity index (χ0n) is 13.1. The zero-order valence-corrected chi connectivity index (χ0v) is 14.0. The molecule has 2 nitrogen and oxygen atoms in total. The first-order valence-corrected chi connectivity index (χ1v) is 9.79. The fourth-order valence-electron chi connectivity index (χ4n) is 3.25. The van der Waals surface area contributed by atoms with Crippen molar-refractivity contribution in [2.45, 2.75) is 46.1 Å². The average Bonchev–Trinajstić information content (AvgIpc) is 2.39. The van der Waals surface area contributed by atoms with Gasteiger partial charge in [-0.1, -0.05) is 45.4 Å². The molecule has 1 fully saturated rings. The summed E-state index contributed by atoms with van der Waals surface area (Å²) < 4.78 is 19.1. The van der Waals surface area contributed by atoms with Crippen molar-refractivity contribution >= 4 is 12.7 Å². The van der Waals surface area contributed by atoms with E-state index in [0.717, 1.165) is 11.7 Å². The van der Waals surface area contributed by atoms with E-state index >= 15 is 0 Å². The predicted octanol–water partition coefficient (Wildman–Crippen LogP) is 4.70. The summed E-state index contributed by atoms with van der Waals surface area (Å²) in [5, 5.41) is 0.834. The lowest BCUT2D eigenvalue weighted by molar-refractivity contribution is 0.0506. The summed E-state index contributed by atoms with van der Waals surface area (Å²) in [5.74, 6) is 1.79. The van der Waals surface area contributed by atoms with Crippen LogP contribution in [0.1, 0.15) is 40.0 Å². The molecule has 0 bridgehead atoms. The summed E-state index contributed by atoms with van der Waals surface area (Å²) >= 11 is 0. The molecule has 0 aliphatic heterocycles. The molecule has 20 heavy (non-hydrogen) atoms. The molecule has 0 amide bonds. The second-order valence-electron chi connectivity index (χ2n) is 6.65. The highest BCUT2D eigenvalue weighted by atomic mass is 31.2. The molecule has 0 heterocycles. The quantitative estimate of drug-likeness (QED) is 0.753. The first-order valence-electron chi connectivity index (χ1n) is 7.71. The van der Waals surface area contributed by atoms with Gasteiger partial charge in [-0.15, -0.1) is 0 Å². The van der Waals surface area contributed by atoms with E-state index in [1.807, 2.05) is 30.3 Å². The van der Waals surface area contributed by atoms with Crippen molar-refractivity contribution in [2.75, 3.05) is 6.66 Å². The minimum atomic E-state index is -2.72. The Balaban J connectivity index is 2.15. The minimum absolute atomic E-state index is 0.134. The summed E-state index contributed by atoms with van der Waals surface area (Å²) in [4.78, 5) is 0. The second kappa shape index (κ2) is 6.45. The molecular weight excluding hydrogens is 267 g/mol. The Hall–Kier alpha value is -0.590. The van der Waals surface area contributed by atoms with Crippen molar-refractivity contribution in [1.29, 1.82) is 0 Å². The molecule has 4 atom stereocenters. The van der Waals surface area contributed by atoms with Crippen molar-refractivity contribution in [3.8, 4) is 0 Å². The van der Waals surface area contributed by atoms with Gasteiger partial charge in [-0.2, -0.15) is 0 Å². The highest BCUT2D eigenvalue weighted by Gasteiger charge is 2.35. The van der Waals surface area contributed by atoms with Crippen LogP contribution in [0, 0.1) is 17.8 Å². The lowest BCUT2D eigenvalue weighted by Crippen LogP contribution is -2.34. The van der Waals surface area contributed by atoms with Gasteiger partial charge in [0.25, 0.3) is 0 Å². The van der Waals surface area contributed by atoms with Gasteiger partial charge in [-0.05, 0) is 42.7 Å². The van der Waals surface area contributed by atoms with E-state index in [1.54, 1.807) is 6.66 Å². The summed E-state index contributed by atoms with van der Waals surface area (Å²) in [6.07, 6.45) is 3.63. The third-order valence-corrected chi connectivity index (χ3v) is 6.43. The monoisotopic (exact) mass is 294 g/mol. The number of hydrogen-bond donors (Lipinski definition) is 0. The normalized spacial score (nSPS) is 30.1. The lowest BCUT2D eigenvalue weighted by atomic mass is 9.75. The maximum atomic E-state index is 12.9. The van der Waals surface area contributed by atoms with Crippen molar-refractivity contribution in [3.05, 3.63) is 30.3 Å². The van der Waals surface area contributed by atoms with Gasteiger partial charge < -0.3 is 4.52 Å². The van der Waals surface area contributed by atoms with E-state index in [1.165, 1.54) is 12.8 Å². The van der Waals surface area contributed by atoms with Crippen LogP contribution in [0.4, 0.5) is 0 Å². The van der Waals surface area contributed by atoms with Crippen LogP contribution >= 0.6 is 7.37 Å². The first kappa shape index (κ1) is 15.8. The molecule has 2 rings (SSSR count). The van der Waals surface area contributed by atoms with Gasteiger partial charge in [0.15, 0.2) is 0 Å². The van der Waals surface area contributed by atoms with Crippen LogP contribution in [0.25, 0.3) is 0 Å². The van der Waals surface area contributed by atoms with E-state index in [0.29, 0.717) is 17.8 Å². The zero-order chi connectivity index (χ0) is 14.8. The molecule has 112 valence electrons. The Bertz CT molecular complexity index is 469. The standard InChI is InChI=1S/C17H27O2P/c1-13(2)16-11-10-14(3)12-17(16)19-20(4,18)15-8-6-5-7-9-15/h5-9,13-14,16-17H,10-12H2,1-4H3/t14-,16-,17-,20-/m1/s1. The molecule has 1 saturated carbocycles. The largest absolute Gasteiger partial charge is 0.322 e. The smallest absolute Gasteiger partial charge is 0.229 e. The lowest BCUT2D eigenvalue weighted by Gasteiger charge is -2.38. The topological polar surface area (TPSA) is 26.3 Å². The van der Waals surface area contributed by atoms with Gasteiger partial charge in [0.1, 0.15) is 0 Å². The van der Waals surface area contributed by atoms with Gasteiger partial charge in [-0.3, -0.25) is 4.57 Å². The Kier molecular flexibility index (Phi) is 5.09. The molecule has 1 aromatic carbocycles. The van der Waals surface area contributed by atoms with E-state index in [9.17, 15) is 4.57 Å². The molecule has 0 saturated heterocycles. The third-order valence-electron chi connectivity index (χ3n) is 4.52.